The fourth-order valence-electron chi connectivity index (χ4n) is 4.00. The zero-order valence-electron chi connectivity index (χ0n) is 13.1. The number of fused-ring (bicyclic) bond motifs is 1. The molecule has 3 aliphatic rings. The van der Waals surface area contributed by atoms with E-state index in [0.29, 0.717) is 0 Å². The molecule has 1 saturated heterocycles. The summed E-state index contributed by atoms with van der Waals surface area (Å²) in [5.41, 5.74) is 1.85. The van der Waals surface area contributed by atoms with Gasteiger partial charge in [-0.25, -0.2) is 0 Å². The lowest BCUT2D eigenvalue weighted by Crippen LogP contribution is -2.62. The molecular weight excluding hydrogens is 276 g/mol. The Morgan fingerprint density at radius 1 is 1.29 bits per heavy atom. The summed E-state index contributed by atoms with van der Waals surface area (Å²) in [6.07, 6.45) is 2.89. The van der Waals surface area contributed by atoms with Crippen molar-refractivity contribution in [2.75, 3.05) is 25.4 Å². The first kappa shape index (κ1) is 14.1. The lowest BCUT2D eigenvalue weighted by Gasteiger charge is -2.46. The molecule has 114 valence electrons. The van der Waals surface area contributed by atoms with E-state index in [-0.39, 0.29) is 5.54 Å². The Hall–Kier alpha value is -0.510. The van der Waals surface area contributed by atoms with Crippen molar-refractivity contribution in [1.82, 2.24) is 10.2 Å². The number of benzene rings is 1. The monoisotopic (exact) mass is 302 g/mol. The van der Waals surface area contributed by atoms with Gasteiger partial charge in [0.15, 0.2) is 0 Å². The summed E-state index contributed by atoms with van der Waals surface area (Å²) in [5.74, 6) is 2.94. The summed E-state index contributed by atoms with van der Waals surface area (Å²) in [4.78, 5) is 4.32. The molecule has 2 aliphatic heterocycles. The van der Waals surface area contributed by atoms with Gasteiger partial charge >= 0.3 is 0 Å². The van der Waals surface area contributed by atoms with Crippen LogP contribution in [0, 0.1) is 5.92 Å². The molecule has 2 atom stereocenters. The molecule has 1 saturated carbocycles. The van der Waals surface area contributed by atoms with Gasteiger partial charge < -0.3 is 5.32 Å². The van der Waals surface area contributed by atoms with Crippen LogP contribution in [0.3, 0.4) is 0 Å². The molecule has 0 radical (unpaired) electrons. The molecule has 1 aromatic carbocycles. The quantitative estimate of drug-likeness (QED) is 0.922. The molecular formula is C18H26N2S. The van der Waals surface area contributed by atoms with Crippen LogP contribution in [0.1, 0.15) is 38.2 Å². The molecule has 1 aliphatic carbocycles. The molecule has 0 bridgehead atoms. The second-order valence-electron chi connectivity index (χ2n) is 7.64. The van der Waals surface area contributed by atoms with Gasteiger partial charge in [-0.1, -0.05) is 18.2 Å². The molecule has 21 heavy (non-hydrogen) atoms. The smallest absolute Gasteiger partial charge is 0.0252 e. The summed E-state index contributed by atoms with van der Waals surface area (Å²) in [7, 11) is 0. The minimum atomic E-state index is 0.261. The summed E-state index contributed by atoms with van der Waals surface area (Å²) in [6.45, 7) is 8.31. The molecule has 0 amide bonds. The zero-order chi connectivity index (χ0) is 14.4. The molecule has 2 fully saturated rings. The van der Waals surface area contributed by atoms with Crippen molar-refractivity contribution >= 4 is 11.8 Å². The first-order chi connectivity index (χ1) is 10.1. The first-order valence-corrected chi connectivity index (χ1v) is 9.32. The molecule has 0 spiro atoms. The van der Waals surface area contributed by atoms with E-state index in [1.54, 1.807) is 5.56 Å². The minimum absolute atomic E-state index is 0.261. The predicted molar refractivity (Wildman–Crippen MR) is 90.1 cm³/mol. The number of nitrogens with zero attached hydrogens (tertiary/aromatic N) is 1. The standard InChI is InChI=1S/C18H26N2S/c1-18(2)12-20(16(9-19-18)13-7-8-13)10-14-11-21-17-6-4-3-5-15(14)17/h3-6,13-14,16,19H,7-12H2,1-2H3. The molecule has 0 aromatic heterocycles. The highest BCUT2D eigenvalue weighted by Gasteiger charge is 2.42. The normalized spacial score (nSPS) is 32.1. The third-order valence-corrected chi connectivity index (χ3v) is 6.53. The van der Waals surface area contributed by atoms with Crippen LogP contribution in [0.25, 0.3) is 0 Å². The predicted octanol–water partition coefficient (Wildman–Crippen LogP) is 3.34. The highest BCUT2D eigenvalue weighted by atomic mass is 32.2. The molecule has 4 rings (SSSR count). The Kier molecular flexibility index (Phi) is 3.55. The number of rotatable bonds is 3. The lowest BCUT2D eigenvalue weighted by atomic mass is 9.93. The van der Waals surface area contributed by atoms with Crippen molar-refractivity contribution in [3.05, 3.63) is 29.8 Å². The van der Waals surface area contributed by atoms with Gasteiger partial charge in [0, 0.05) is 47.8 Å². The lowest BCUT2D eigenvalue weighted by molar-refractivity contribution is 0.0786. The van der Waals surface area contributed by atoms with Crippen LogP contribution < -0.4 is 5.32 Å². The number of nitrogens with one attached hydrogen (secondary N) is 1. The third kappa shape index (κ3) is 2.88. The van der Waals surface area contributed by atoms with E-state index in [9.17, 15) is 0 Å². The number of thioether (sulfide) groups is 1. The second-order valence-corrected chi connectivity index (χ2v) is 8.71. The van der Waals surface area contributed by atoms with Crippen molar-refractivity contribution in [1.29, 1.82) is 0 Å². The number of piperazine rings is 1. The van der Waals surface area contributed by atoms with Crippen LogP contribution in [-0.4, -0.2) is 41.9 Å². The van der Waals surface area contributed by atoms with Gasteiger partial charge in [-0.15, -0.1) is 11.8 Å². The van der Waals surface area contributed by atoms with Crippen molar-refractivity contribution in [3.63, 3.8) is 0 Å². The van der Waals surface area contributed by atoms with Crippen LogP contribution in [0.15, 0.2) is 29.2 Å². The van der Waals surface area contributed by atoms with E-state index < -0.39 is 0 Å². The summed E-state index contributed by atoms with van der Waals surface area (Å²) >= 11 is 2.05. The Balaban J connectivity index is 1.51. The van der Waals surface area contributed by atoms with Gasteiger partial charge in [0.2, 0.25) is 0 Å². The van der Waals surface area contributed by atoms with Crippen LogP contribution in [0.5, 0.6) is 0 Å². The second kappa shape index (κ2) is 5.29. The zero-order valence-corrected chi connectivity index (χ0v) is 14.0. The van der Waals surface area contributed by atoms with E-state index in [2.05, 4.69) is 48.3 Å². The van der Waals surface area contributed by atoms with Gasteiger partial charge in [0.25, 0.3) is 0 Å². The van der Waals surface area contributed by atoms with Crippen LogP contribution in [0.4, 0.5) is 0 Å². The maximum atomic E-state index is 3.76. The first-order valence-electron chi connectivity index (χ1n) is 8.33. The Bertz CT molecular complexity index is 524. The van der Waals surface area contributed by atoms with Gasteiger partial charge in [0.1, 0.15) is 0 Å². The molecule has 1 aromatic rings. The molecule has 3 heteroatoms. The van der Waals surface area contributed by atoms with Crippen molar-refractivity contribution < 1.29 is 0 Å². The van der Waals surface area contributed by atoms with Crippen molar-refractivity contribution in [2.24, 2.45) is 5.92 Å². The Morgan fingerprint density at radius 3 is 2.90 bits per heavy atom. The van der Waals surface area contributed by atoms with Crippen molar-refractivity contribution in [2.45, 2.75) is 49.1 Å². The summed E-state index contributed by atoms with van der Waals surface area (Å²) in [5, 5.41) is 3.76. The molecule has 2 heterocycles. The van der Waals surface area contributed by atoms with E-state index in [0.717, 1.165) is 17.9 Å². The third-order valence-electron chi connectivity index (χ3n) is 5.28. The highest BCUT2D eigenvalue weighted by molar-refractivity contribution is 7.99. The van der Waals surface area contributed by atoms with E-state index in [1.807, 2.05) is 11.8 Å². The largest absolute Gasteiger partial charge is 0.309 e. The fourth-order valence-corrected chi connectivity index (χ4v) is 5.24. The number of hydrogen-bond donors (Lipinski definition) is 1. The average Bonchev–Trinajstić information content (AvgIpc) is 3.21. The van der Waals surface area contributed by atoms with Gasteiger partial charge in [0.05, 0.1) is 0 Å². The summed E-state index contributed by atoms with van der Waals surface area (Å²) in [6, 6.07) is 9.79. The molecule has 2 nitrogen and oxygen atoms in total. The van der Waals surface area contributed by atoms with E-state index in [1.165, 1.54) is 43.1 Å². The molecule has 1 N–H and O–H groups in total. The van der Waals surface area contributed by atoms with Crippen LogP contribution in [-0.2, 0) is 0 Å². The van der Waals surface area contributed by atoms with Crippen LogP contribution in [0.2, 0.25) is 0 Å². The number of hydrogen-bond acceptors (Lipinski definition) is 3. The van der Waals surface area contributed by atoms with E-state index >= 15 is 0 Å². The Labute approximate surface area is 132 Å². The maximum absolute atomic E-state index is 3.76. The van der Waals surface area contributed by atoms with Crippen LogP contribution >= 0.6 is 11.8 Å². The Morgan fingerprint density at radius 2 is 2.10 bits per heavy atom. The van der Waals surface area contributed by atoms with Gasteiger partial charge in [-0.05, 0) is 44.2 Å². The van der Waals surface area contributed by atoms with E-state index in [4.69, 9.17) is 0 Å². The average molecular weight is 302 g/mol. The van der Waals surface area contributed by atoms with Gasteiger partial charge in [-0.2, -0.15) is 0 Å². The van der Waals surface area contributed by atoms with Crippen molar-refractivity contribution in [3.8, 4) is 0 Å². The summed E-state index contributed by atoms with van der Waals surface area (Å²) < 4.78 is 0. The topological polar surface area (TPSA) is 15.3 Å². The fraction of sp³-hybridized carbons (Fsp3) is 0.667. The maximum Gasteiger partial charge on any atom is 0.0252 e. The SMILES string of the molecule is CC1(C)CN(CC2CSc3ccccc32)C(C2CC2)CN1. The van der Waals surface area contributed by atoms with Gasteiger partial charge in [-0.3, -0.25) is 4.90 Å². The highest BCUT2D eigenvalue weighted by Crippen LogP contribution is 2.42. The molecule has 2 unspecified atom stereocenters. The minimum Gasteiger partial charge on any atom is -0.309 e.